The van der Waals surface area contributed by atoms with Crippen molar-refractivity contribution in [2.45, 2.75) is 73.1 Å². The van der Waals surface area contributed by atoms with Crippen LogP contribution in [-0.2, 0) is 10.8 Å². The lowest BCUT2D eigenvalue weighted by molar-refractivity contribution is 0.578. The fraction of sp³-hybridized carbons (Fsp3) is 0.118. The highest BCUT2D eigenvalue weighted by molar-refractivity contribution is 7.19. The lowest BCUT2D eigenvalue weighted by Crippen LogP contribution is -2.14. The Hall–Kier alpha value is -10.4. The number of nitrogens with zero attached hydrogens (tertiary/aromatic N) is 2. The summed E-state index contributed by atoms with van der Waals surface area (Å²) < 4.78 is 11.6. The highest BCUT2D eigenvalue weighted by Gasteiger charge is 2.38. The van der Waals surface area contributed by atoms with Gasteiger partial charge < -0.3 is 13.6 Å². The Morgan fingerprint density at radius 1 is 0.310 bits per heavy atom. The monoisotopic (exact) mass is 1360 g/mol. The van der Waals surface area contributed by atoms with Crippen molar-refractivity contribution in [3.63, 3.8) is 0 Å². The number of hydrogen-bond acceptors (Lipinski definition) is 5. The maximum absolute atomic E-state index is 5.37. The molecule has 0 bridgehead atoms. The van der Waals surface area contributed by atoms with Crippen LogP contribution in [0.15, 0.2) is 300 Å². The van der Waals surface area contributed by atoms with E-state index in [-0.39, 0.29) is 10.8 Å². The third-order valence-corrected chi connectivity index (χ3v) is 23.9. The van der Waals surface area contributed by atoms with Gasteiger partial charge in [-0.1, -0.05) is 185 Å². The molecular weight excluding hydrogens is 1290 g/mol. The van der Waals surface area contributed by atoms with E-state index in [1.54, 1.807) is 22.7 Å². The molecule has 7 aromatic heterocycles. The number of aryl methyl sites for hydroxylation is 5. The Balaban J connectivity index is 0.000000103. The number of para-hydroxylation sites is 3. The molecule has 2 aliphatic carbocycles. The fourth-order valence-electron chi connectivity index (χ4n) is 15.1. The number of benzene rings is 11. The van der Waals surface area contributed by atoms with Crippen LogP contribution in [0.4, 0.5) is 0 Å². The molecule has 0 radical (unpaired) electrons. The molecule has 0 aliphatic heterocycles. The smallest absolute Gasteiger partial charge is 0.134 e. The van der Waals surface area contributed by atoms with Crippen molar-refractivity contribution in [2.24, 2.45) is 0 Å². The molecule has 0 saturated heterocycles. The minimum absolute atomic E-state index is 0.0190. The number of thiophene rings is 4. The van der Waals surface area contributed by atoms with Crippen LogP contribution in [-0.4, -0.2) is 9.13 Å². The van der Waals surface area contributed by atoms with Crippen LogP contribution in [0.2, 0.25) is 0 Å². The molecule has 0 spiro atoms. The first kappa shape index (κ1) is 64.3. The molecule has 7 heterocycles. The van der Waals surface area contributed by atoms with Crippen molar-refractivity contribution >= 4 is 110 Å². The molecule has 0 unspecified atom stereocenters. The van der Waals surface area contributed by atoms with Crippen LogP contribution in [0.3, 0.4) is 0 Å². The summed E-state index contributed by atoms with van der Waals surface area (Å²) in [7, 11) is 0. The summed E-state index contributed by atoms with van der Waals surface area (Å²) in [5, 5.41) is 12.2. The molecule has 2 aliphatic rings. The summed E-state index contributed by atoms with van der Waals surface area (Å²) in [6.07, 6.45) is 0. The summed E-state index contributed by atoms with van der Waals surface area (Å²) >= 11 is 7.31. The fourth-order valence-corrected chi connectivity index (χ4v) is 18.3. The molecule has 0 saturated carbocycles. The molecule has 18 aromatic rings. The van der Waals surface area contributed by atoms with Gasteiger partial charge in [0.05, 0.1) is 22.1 Å². The predicted molar refractivity (Wildman–Crippen MR) is 435 cm³/mol. The second-order valence-electron chi connectivity index (χ2n) is 27.5. The molecule has 0 atom stereocenters. The zero-order valence-corrected chi connectivity index (χ0v) is 61.0. The maximum atomic E-state index is 5.37. The van der Waals surface area contributed by atoms with E-state index in [2.05, 4.69) is 330 Å². The van der Waals surface area contributed by atoms with Crippen LogP contribution < -0.4 is 0 Å². The van der Waals surface area contributed by atoms with Gasteiger partial charge in [-0.05, 0) is 251 Å². The third kappa shape index (κ3) is 11.9. The Kier molecular flexibility index (Phi) is 17.0. The number of aromatic nitrogens is 2. The van der Waals surface area contributed by atoms with E-state index in [1.807, 2.05) is 59.9 Å². The van der Waals surface area contributed by atoms with Crippen molar-refractivity contribution < 1.29 is 4.42 Å². The minimum Gasteiger partial charge on any atom is -0.461 e. The molecule has 0 amide bonds. The van der Waals surface area contributed by atoms with E-state index in [9.17, 15) is 0 Å². The SMILES string of the molecule is Cc1cc2ccccc2o1.Cc1cc2ccccc2s1.Cc1ccc(-c2cc(-c3cccs3)cc(-c3cccs3)c2)s1.Cc1ccc2c(c1)c1cc3c(cc1n2-c1ccccc1)-c1ccccc1C3(C)C.Cc1ccc2c3cc4c(cc3n(-c3ccccc3)c2c1)-c1ccccc1C4(C)C. The number of hydrogen-bond donors (Lipinski definition) is 0. The third-order valence-electron chi connectivity index (χ3n) is 19.9. The molecule has 0 fully saturated rings. The van der Waals surface area contributed by atoms with Gasteiger partial charge in [-0.2, -0.15) is 0 Å². The van der Waals surface area contributed by atoms with E-state index in [4.69, 9.17) is 4.42 Å². The van der Waals surface area contributed by atoms with E-state index >= 15 is 0 Å². The molecule has 11 aromatic carbocycles. The Bertz CT molecular complexity index is 5820. The molecule has 20 rings (SSSR count). The number of rotatable bonds is 5. The highest BCUT2D eigenvalue weighted by Crippen LogP contribution is 2.53. The Morgan fingerprint density at radius 3 is 1.36 bits per heavy atom. The zero-order valence-electron chi connectivity index (χ0n) is 57.7. The largest absolute Gasteiger partial charge is 0.461 e. The lowest BCUT2D eigenvalue weighted by atomic mass is 9.82. The summed E-state index contributed by atoms with van der Waals surface area (Å²) in [6, 6.07) is 103. The second-order valence-corrected chi connectivity index (χ2v) is 32.0. The summed E-state index contributed by atoms with van der Waals surface area (Å²) in [4.78, 5) is 6.74. The topological polar surface area (TPSA) is 23.0 Å². The highest BCUT2D eigenvalue weighted by atomic mass is 32.1. The van der Waals surface area contributed by atoms with Crippen molar-refractivity contribution in [1.29, 1.82) is 0 Å². The average Bonchev–Trinajstić information content (AvgIpc) is 1.56. The van der Waals surface area contributed by atoms with Gasteiger partial charge in [0.1, 0.15) is 11.3 Å². The van der Waals surface area contributed by atoms with Gasteiger partial charge in [0, 0.05) is 78.2 Å². The minimum atomic E-state index is 0.0190. The molecular formula is C93H76N2OS4. The summed E-state index contributed by atoms with van der Waals surface area (Å²) in [5.41, 5.74) is 26.2. The molecule has 7 heteroatoms. The van der Waals surface area contributed by atoms with Crippen molar-refractivity contribution in [3.8, 4) is 65.0 Å². The molecule has 0 N–H and O–H groups in total. The van der Waals surface area contributed by atoms with Gasteiger partial charge >= 0.3 is 0 Å². The number of furan rings is 1. The van der Waals surface area contributed by atoms with Gasteiger partial charge in [0.15, 0.2) is 0 Å². The van der Waals surface area contributed by atoms with Gasteiger partial charge in [-0.15, -0.1) is 45.3 Å². The van der Waals surface area contributed by atoms with Crippen LogP contribution in [0.1, 0.15) is 76.6 Å². The Morgan fingerprint density at radius 2 is 0.800 bits per heavy atom. The van der Waals surface area contributed by atoms with Crippen LogP contribution in [0, 0.1) is 34.6 Å². The first-order valence-electron chi connectivity index (χ1n) is 34.3. The predicted octanol–water partition coefficient (Wildman–Crippen LogP) is 27.9. The van der Waals surface area contributed by atoms with Crippen molar-refractivity contribution in [3.05, 3.63) is 345 Å². The van der Waals surface area contributed by atoms with Crippen molar-refractivity contribution in [1.82, 2.24) is 9.13 Å². The van der Waals surface area contributed by atoms with E-state index < -0.39 is 0 Å². The second kappa shape index (κ2) is 26.4. The summed E-state index contributed by atoms with van der Waals surface area (Å²) in [6.45, 7) is 20.0. The van der Waals surface area contributed by atoms with Gasteiger partial charge in [0.2, 0.25) is 0 Å². The van der Waals surface area contributed by atoms with Gasteiger partial charge in [-0.25, -0.2) is 0 Å². The van der Waals surface area contributed by atoms with Crippen LogP contribution in [0.25, 0.3) is 130 Å². The first-order chi connectivity index (χ1) is 48.6. The first-order valence-corrected chi connectivity index (χ1v) is 37.7. The normalized spacial score (nSPS) is 12.8. The van der Waals surface area contributed by atoms with Crippen LogP contribution in [0.5, 0.6) is 0 Å². The van der Waals surface area contributed by atoms with Gasteiger partial charge in [0.25, 0.3) is 0 Å². The molecule has 488 valence electrons. The van der Waals surface area contributed by atoms with E-state index in [0.29, 0.717) is 0 Å². The quantitative estimate of drug-likeness (QED) is 0.168. The lowest BCUT2D eigenvalue weighted by Gasteiger charge is -2.21. The maximum Gasteiger partial charge on any atom is 0.134 e. The number of fused-ring (bicyclic) bond motifs is 14. The van der Waals surface area contributed by atoms with E-state index in [1.165, 1.54) is 167 Å². The van der Waals surface area contributed by atoms with Crippen molar-refractivity contribution in [2.75, 3.05) is 0 Å². The van der Waals surface area contributed by atoms with E-state index in [0.717, 1.165) is 11.3 Å². The Labute approximate surface area is 601 Å². The molecule has 3 nitrogen and oxygen atoms in total. The average molecular weight is 1370 g/mol. The van der Waals surface area contributed by atoms with Crippen LogP contribution >= 0.6 is 45.3 Å². The standard InChI is InChI=1S/2C28H23N.C19H14S3.C9H8O.C9H8S/c1-18-13-14-26-22(15-18)23-16-25-21(20-11-7-8-12-24(20)28(25,2)3)17-27(23)29(26)19-9-5-4-6-10-19;1-18-13-14-21-23-16-25-22(20-11-7-8-12-24(20)28(25,2)3)17-27(23)29(26(21)15-18)19-9-5-4-6-10-19;1-13-6-7-19(22-13)16-11-14(17-4-2-8-20-17)10-15(12-16)18-5-3-9-21-18;2*1-7-6-8-4-2-3-5-9(8)10-7/h2*4-17H,1-3H3;2-12H,1H3;2*2-6H,1H3. The zero-order chi connectivity index (χ0) is 68.4. The van der Waals surface area contributed by atoms with Gasteiger partial charge in [-0.3, -0.25) is 0 Å². The molecule has 100 heavy (non-hydrogen) atoms. The summed E-state index contributed by atoms with van der Waals surface area (Å²) in [5.74, 6) is 0.973.